The van der Waals surface area contributed by atoms with Gasteiger partial charge in [-0.1, -0.05) is 24.4 Å². The van der Waals surface area contributed by atoms with Crippen molar-refractivity contribution in [2.45, 2.75) is 45.3 Å². The zero-order chi connectivity index (χ0) is 25.5. The summed E-state index contributed by atoms with van der Waals surface area (Å²) < 4.78 is 12.4. The summed E-state index contributed by atoms with van der Waals surface area (Å²) in [6, 6.07) is 10.8. The van der Waals surface area contributed by atoms with Crippen LogP contribution in [0.5, 0.6) is 5.75 Å². The number of hydrogen-bond acceptors (Lipinski definition) is 6. The van der Waals surface area contributed by atoms with Crippen LogP contribution in [0.1, 0.15) is 38.5 Å². The number of hydrogen-bond donors (Lipinski definition) is 2. The third-order valence-electron chi connectivity index (χ3n) is 4.90. The monoisotopic (exact) mass is 537 g/mol. The Bertz CT molecular complexity index is 1030. The normalized spacial score (nSPS) is 10.6. The van der Waals surface area contributed by atoms with E-state index in [1.165, 1.54) is 0 Å². The summed E-state index contributed by atoms with van der Waals surface area (Å²) in [6.45, 7) is 1.14. The second-order valence-electron chi connectivity index (χ2n) is 7.55. The molecule has 3 N–H and O–H groups in total. The second kappa shape index (κ2) is 17.0. The van der Waals surface area contributed by atoms with E-state index < -0.39 is 11.9 Å². The number of unbranched alkanes of at least 4 members (excludes halogenated alkanes) is 3. The van der Waals surface area contributed by atoms with Gasteiger partial charge in [0.2, 0.25) is 12.2 Å². The summed E-state index contributed by atoms with van der Waals surface area (Å²) in [5.74, 6) is -0.759. The van der Waals surface area contributed by atoms with Crippen LogP contribution in [-0.4, -0.2) is 36.2 Å². The number of anilines is 1. The van der Waals surface area contributed by atoms with Crippen molar-refractivity contribution in [2.24, 2.45) is 10.7 Å². The Morgan fingerprint density at radius 2 is 1.75 bits per heavy atom. The van der Waals surface area contributed by atoms with E-state index in [0.29, 0.717) is 18.2 Å². The van der Waals surface area contributed by atoms with Gasteiger partial charge < -0.3 is 37.6 Å². The van der Waals surface area contributed by atoms with Crippen LogP contribution in [0, 0.1) is 11.5 Å². The van der Waals surface area contributed by atoms with Gasteiger partial charge in [-0.15, -0.1) is 4.99 Å². The number of carbonyl (C=O) groups is 2. The number of ether oxygens (including phenoxy) is 2. The molecular formula is C24H29Cl2N5O5. The zero-order valence-corrected chi connectivity index (χ0v) is 21.2. The molecule has 0 unspecified atom stereocenters. The summed E-state index contributed by atoms with van der Waals surface area (Å²) >= 11 is 5.86. The maximum Gasteiger partial charge on any atom is 0.311 e. The Morgan fingerprint density at radius 3 is 2.39 bits per heavy atom. The van der Waals surface area contributed by atoms with Crippen molar-refractivity contribution >= 4 is 35.2 Å². The maximum atomic E-state index is 11.6. The number of aliphatic imine (C=N–C) groups is 1. The van der Waals surface area contributed by atoms with Crippen LogP contribution in [0.4, 0.5) is 5.69 Å². The molecule has 0 spiro atoms. The Morgan fingerprint density at radius 1 is 1.08 bits per heavy atom. The van der Waals surface area contributed by atoms with Crippen molar-refractivity contribution < 1.29 is 41.1 Å². The Labute approximate surface area is 221 Å². The number of guanidine groups is 1. The molecule has 0 saturated carbocycles. The predicted molar refractivity (Wildman–Crippen MR) is 130 cm³/mol. The molecule has 194 valence electrons. The summed E-state index contributed by atoms with van der Waals surface area (Å²) in [7, 11) is 0. The molecule has 10 nitrogen and oxygen atoms in total. The average Bonchev–Trinajstić information content (AvgIpc) is 2.85. The topological polar surface area (TPSA) is 142 Å². The SMILES string of the molecule is N#CN=C(N)N(CCCCCCOc1ccc(Cl)cc1)c1cc[n+](COC(=O)CCC(=O)O)cc1.[Cl-]. The molecule has 0 aliphatic rings. The first-order valence-corrected chi connectivity index (χ1v) is 11.5. The van der Waals surface area contributed by atoms with Gasteiger partial charge >= 0.3 is 11.9 Å². The number of rotatable bonds is 14. The molecule has 1 aromatic carbocycles. The number of carboxylic acid groups (broad SMARTS) is 1. The summed E-state index contributed by atoms with van der Waals surface area (Å²) in [4.78, 5) is 27.5. The van der Waals surface area contributed by atoms with Gasteiger partial charge in [0.15, 0.2) is 12.4 Å². The van der Waals surface area contributed by atoms with E-state index in [4.69, 9.17) is 37.2 Å². The lowest BCUT2D eigenvalue weighted by molar-refractivity contribution is -0.727. The highest BCUT2D eigenvalue weighted by atomic mass is 35.5. The standard InChI is InChI=1S/C24H28ClN5O5.ClH/c25-19-5-7-21(8-6-19)34-16-4-2-1-3-13-30(24(27)28-17-26)20-11-14-29(15-12-20)18-35-23(33)10-9-22(31)32;/h5-8,11-12,14-15H,1-4,9-10,13,16,18H2,(H2-,27,28,31,32);1H. The molecule has 0 bridgehead atoms. The van der Waals surface area contributed by atoms with E-state index in [1.807, 2.05) is 12.1 Å². The van der Waals surface area contributed by atoms with Crippen molar-refractivity contribution in [1.82, 2.24) is 0 Å². The van der Waals surface area contributed by atoms with Crippen LogP contribution in [0.15, 0.2) is 53.8 Å². The molecular weight excluding hydrogens is 509 g/mol. The van der Waals surface area contributed by atoms with Gasteiger partial charge in [-0.25, -0.2) is 0 Å². The minimum Gasteiger partial charge on any atom is -1.00 e. The third-order valence-corrected chi connectivity index (χ3v) is 5.15. The fourth-order valence-electron chi connectivity index (χ4n) is 3.08. The molecule has 0 saturated heterocycles. The second-order valence-corrected chi connectivity index (χ2v) is 7.98. The number of nitrogens with two attached hydrogens (primary N) is 1. The van der Waals surface area contributed by atoms with Gasteiger partial charge in [0.1, 0.15) is 5.75 Å². The van der Waals surface area contributed by atoms with E-state index in [2.05, 4.69) is 4.99 Å². The molecule has 0 fully saturated rings. The molecule has 0 radical (unpaired) electrons. The quantitative estimate of drug-likeness (QED) is 0.0870. The molecule has 1 heterocycles. The van der Waals surface area contributed by atoms with Crippen LogP contribution in [-0.2, 0) is 21.1 Å². The first kappa shape index (κ1) is 30.5. The first-order valence-electron chi connectivity index (χ1n) is 11.1. The minimum absolute atomic E-state index is 0. The molecule has 0 atom stereocenters. The van der Waals surface area contributed by atoms with E-state index >= 15 is 0 Å². The number of carbonyl (C=O) groups excluding carboxylic acids is 1. The fourth-order valence-corrected chi connectivity index (χ4v) is 3.20. The van der Waals surface area contributed by atoms with Crippen LogP contribution in [0.3, 0.4) is 0 Å². The van der Waals surface area contributed by atoms with E-state index in [9.17, 15) is 9.59 Å². The Balaban J connectivity index is 0.00000648. The fraction of sp³-hybridized carbons (Fsp3) is 0.375. The average molecular weight is 538 g/mol. The molecule has 36 heavy (non-hydrogen) atoms. The number of esters is 1. The van der Waals surface area contributed by atoms with Crippen molar-refractivity contribution in [3.05, 3.63) is 53.8 Å². The Hall–Kier alpha value is -3.55. The smallest absolute Gasteiger partial charge is 0.311 e. The van der Waals surface area contributed by atoms with Crippen molar-refractivity contribution in [3.8, 4) is 11.9 Å². The largest absolute Gasteiger partial charge is 1.00 e. The first-order chi connectivity index (χ1) is 16.9. The van der Waals surface area contributed by atoms with Crippen LogP contribution >= 0.6 is 11.6 Å². The van der Waals surface area contributed by atoms with Gasteiger partial charge in [0.05, 0.1) is 25.1 Å². The summed E-state index contributed by atoms with van der Waals surface area (Å²) in [5.41, 5.74) is 6.73. The zero-order valence-electron chi connectivity index (χ0n) is 19.7. The number of nitrogens with zero attached hydrogens (tertiary/aromatic N) is 4. The molecule has 2 rings (SSSR count). The third kappa shape index (κ3) is 11.7. The van der Waals surface area contributed by atoms with Gasteiger partial charge in [0.25, 0.3) is 6.73 Å². The van der Waals surface area contributed by atoms with Gasteiger partial charge in [-0.05, 0) is 37.1 Å². The minimum atomic E-state index is -1.05. The van der Waals surface area contributed by atoms with Crippen LogP contribution < -0.4 is 32.3 Å². The number of aliphatic carboxylic acids is 1. The van der Waals surface area contributed by atoms with Crippen LogP contribution in [0.2, 0.25) is 5.02 Å². The van der Waals surface area contributed by atoms with Crippen LogP contribution in [0.25, 0.3) is 0 Å². The number of pyridine rings is 1. The highest BCUT2D eigenvalue weighted by molar-refractivity contribution is 6.30. The highest BCUT2D eigenvalue weighted by Crippen LogP contribution is 2.16. The number of aromatic nitrogens is 1. The van der Waals surface area contributed by atoms with Gasteiger partial charge in [0, 0.05) is 23.7 Å². The highest BCUT2D eigenvalue weighted by Gasteiger charge is 2.14. The summed E-state index contributed by atoms with van der Waals surface area (Å²) in [6.07, 6.45) is 8.29. The van der Waals surface area contributed by atoms with E-state index in [1.54, 1.807) is 52.3 Å². The lowest BCUT2D eigenvalue weighted by Gasteiger charge is -2.22. The van der Waals surface area contributed by atoms with Crippen molar-refractivity contribution in [2.75, 3.05) is 18.1 Å². The lowest BCUT2D eigenvalue weighted by Crippen LogP contribution is -3.00. The number of nitriles is 1. The molecule has 1 aromatic heterocycles. The van der Waals surface area contributed by atoms with Crippen molar-refractivity contribution in [3.63, 3.8) is 0 Å². The molecule has 0 amide bonds. The number of halogens is 2. The molecule has 12 heteroatoms. The molecule has 2 aromatic rings. The lowest BCUT2D eigenvalue weighted by atomic mass is 10.2. The van der Waals surface area contributed by atoms with E-state index in [-0.39, 0.29) is 37.9 Å². The number of carboxylic acids is 1. The van der Waals surface area contributed by atoms with Gasteiger partial charge in [-0.2, -0.15) is 9.83 Å². The van der Waals surface area contributed by atoms with E-state index in [0.717, 1.165) is 37.1 Å². The molecule has 0 aliphatic carbocycles. The maximum absolute atomic E-state index is 11.6. The Kier molecular flexibility index (Phi) is 14.4. The molecule has 0 aliphatic heterocycles. The predicted octanol–water partition coefficient (Wildman–Crippen LogP) is 0.239. The summed E-state index contributed by atoms with van der Waals surface area (Å²) in [5, 5.41) is 18.2. The van der Waals surface area contributed by atoms with Crippen molar-refractivity contribution in [1.29, 1.82) is 5.26 Å². The number of benzene rings is 1. The van der Waals surface area contributed by atoms with Gasteiger partial charge in [-0.3, -0.25) is 9.59 Å².